The van der Waals surface area contributed by atoms with Crippen LogP contribution in [-0.4, -0.2) is 30.0 Å². The van der Waals surface area contributed by atoms with Crippen LogP contribution >= 0.6 is 0 Å². The lowest BCUT2D eigenvalue weighted by Gasteiger charge is -2.03. The quantitative estimate of drug-likeness (QED) is 0.601. The molecule has 0 aromatic carbocycles. The van der Waals surface area contributed by atoms with Crippen molar-refractivity contribution in [3.05, 3.63) is 30.1 Å². The van der Waals surface area contributed by atoms with Crippen molar-refractivity contribution in [1.82, 2.24) is 4.98 Å². The van der Waals surface area contributed by atoms with Gasteiger partial charge in [0, 0.05) is 12.4 Å². The van der Waals surface area contributed by atoms with E-state index in [1.54, 1.807) is 12.4 Å². The SMILES string of the molecule is C1=NCCN=C1c1ccccn1. The maximum Gasteiger partial charge on any atom is 0.101 e. The molecule has 0 bridgehead atoms. The van der Waals surface area contributed by atoms with Crippen LogP contribution in [-0.2, 0) is 0 Å². The summed E-state index contributed by atoms with van der Waals surface area (Å²) in [5.74, 6) is 0. The zero-order valence-corrected chi connectivity index (χ0v) is 6.64. The molecule has 0 aliphatic carbocycles. The molecule has 0 radical (unpaired) electrons. The molecule has 0 saturated carbocycles. The monoisotopic (exact) mass is 159 g/mol. The molecule has 0 atom stereocenters. The number of hydrogen-bond acceptors (Lipinski definition) is 3. The Bertz CT molecular complexity index is 314. The first kappa shape index (κ1) is 7.16. The molecule has 0 amide bonds. The Morgan fingerprint density at radius 2 is 2.17 bits per heavy atom. The van der Waals surface area contributed by atoms with Gasteiger partial charge in [-0.05, 0) is 12.1 Å². The lowest BCUT2D eigenvalue weighted by Crippen LogP contribution is -2.11. The van der Waals surface area contributed by atoms with E-state index in [-0.39, 0.29) is 0 Å². The average molecular weight is 159 g/mol. The predicted molar refractivity (Wildman–Crippen MR) is 49.0 cm³/mol. The summed E-state index contributed by atoms with van der Waals surface area (Å²) in [6.45, 7) is 1.58. The molecule has 2 heterocycles. The van der Waals surface area contributed by atoms with Crippen molar-refractivity contribution in [3.8, 4) is 0 Å². The molecule has 3 nitrogen and oxygen atoms in total. The highest BCUT2D eigenvalue weighted by Gasteiger charge is 2.02. The summed E-state index contributed by atoms with van der Waals surface area (Å²) in [6, 6.07) is 5.79. The first-order chi connectivity index (χ1) is 5.97. The maximum atomic E-state index is 4.30. The van der Waals surface area contributed by atoms with E-state index in [0.717, 1.165) is 24.5 Å². The minimum atomic E-state index is 0.780. The molecule has 1 aliphatic heterocycles. The van der Waals surface area contributed by atoms with Gasteiger partial charge in [0.15, 0.2) is 0 Å². The topological polar surface area (TPSA) is 37.6 Å². The van der Waals surface area contributed by atoms with Crippen molar-refractivity contribution in [2.24, 2.45) is 9.98 Å². The zero-order chi connectivity index (χ0) is 8.23. The Hall–Kier alpha value is -1.51. The van der Waals surface area contributed by atoms with Gasteiger partial charge in [0.2, 0.25) is 0 Å². The Morgan fingerprint density at radius 3 is 2.83 bits per heavy atom. The minimum Gasteiger partial charge on any atom is -0.289 e. The summed E-state index contributed by atoms with van der Waals surface area (Å²) in [5.41, 5.74) is 1.79. The van der Waals surface area contributed by atoms with Gasteiger partial charge in [-0.3, -0.25) is 15.0 Å². The number of rotatable bonds is 1. The molecule has 1 aromatic rings. The van der Waals surface area contributed by atoms with Crippen molar-refractivity contribution >= 4 is 11.9 Å². The highest BCUT2D eigenvalue weighted by atomic mass is 14.9. The molecule has 0 saturated heterocycles. The minimum absolute atomic E-state index is 0.780. The third-order valence-corrected chi connectivity index (χ3v) is 1.65. The molecule has 1 aromatic heterocycles. The third kappa shape index (κ3) is 1.39. The van der Waals surface area contributed by atoms with E-state index in [1.807, 2.05) is 18.2 Å². The zero-order valence-electron chi connectivity index (χ0n) is 6.64. The van der Waals surface area contributed by atoms with Crippen LogP contribution in [0.2, 0.25) is 0 Å². The Kier molecular flexibility index (Phi) is 1.94. The molecule has 12 heavy (non-hydrogen) atoms. The lowest BCUT2D eigenvalue weighted by atomic mass is 10.2. The van der Waals surface area contributed by atoms with Crippen LogP contribution in [0.3, 0.4) is 0 Å². The van der Waals surface area contributed by atoms with E-state index < -0.39 is 0 Å². The van der Waals surface area contributed by atoms with Gasteiger partial charge in [0.1, 0.15) is 5.71 Å². The van der Waals surface area contributed by atoms with Crippen LogP contribution in [0.25, 0.3) is 0 Å². The van der Waals surface area contributed by atoms with Crippen LogP contribution in [0.15, 0.2) is 34.4 Å². The first-order valence-corrected chi connectivity index (χ1v) is 3.92. The molecular formula is C9H9N3. The summed E-state index contributed by atoms with van der Waals surface area (Å²) < 4.78 is 0. The van der Waals surface area contributed by atoms with E-state index in [4.69, 9.17) is 0 Å². The highest BCUT2D eigenvalue weighted by Crippen LogP contribution is 1.98. The highest BCUT2D eigenvalue weighted by molar-refractivity contribution is 6.37. The Balaban J connectivity index is 2.31. The summed E-state index contributed by atoms with van der Waals surface area (Å²) in [4.78, 5) is 12.6. The maximum absolute atomic E-state index is 4.30. The summed E-state index contributed by atoms with van der Waals surface area (Å²) in [6.07, 6.45) is 3.55. The second kappa shape index (κ2) is 3.26. The standard InChI is InChI=1S/C9H9N3/c1-2-4-11-8(3-1)9-7-10-5-6-12-9/h1-4,7H,5-6H2. The van der Waals surface area contributed by atoms with E-state index in [9.17, 15) is 0 Å². The Morgan fingerprint density at radius 1 is 1.17 bits per heavy atom. The number of aromatic nitrogens is 1. The smallest absolute Gasteiger partial charge is 0.101 e. The Labute approximate surface area is 70.9 Å². The van der Waals surface area contributed by atoms with E-state index in [2.05, 4.69) is 15.0 Å². The fourth-order valence-electron chi connectivity index (χ4n) is 1.08. The molecule has 60 valence electrons. The number of hydrogen-bond donors (Lipinski definition) is 0. The molecule has 0 unspecified atom stereocenters. The van der Waals surface area contributed by atoms with Crippen molar-refractivity contribution in [2.75, 3.05) is 13.1 Å². The van der Waals surface area contributed by atoms with Crippen LogP contribution in [0.1, 0.15) is 5.69 Å². The summed E-state index contributed by atoms with van der Waals surface area (Å²) in [5, 5.41) is 0. The van der Waals surface area contributed by atoms with Crippen molar-refractivity contribution in [3.63, 3.8) is 0 Å². The normalized spacial score (nSPS) is 15.8. The summed E-state index contributed by atoms with van der Waals surface area (Å²) in [7, 11) is 0. The van der Waals surface area contributed by atoms with Gasteiger partial charge in [0.25, 0.3) is 0 Å². The van der Waals surface area contributed by atoms with Crippen LogP contribution in [0, 0.1) is 0 Å². The third-order valence-electron chi connectivity index (χ3n) is 1.65. The number of pyridine rings is 1. The van der Waals surface area contributed by atoms with Gasteiger partial charge in [0.05, 0.1) is 18.8 Å². The first-order valence-electron chi connectivity index (χ1n) is 3.92. The molecule has 0 N–H and O–H groups in total. The largest absolute Gasteiger partial charge is 0.289 e. The van der Waals surface area contributed by atoms with E-state index >= 15 is 0 Å². The lowest BCUT2D eigenvalue weighted by molar-refractivity contribution is 0.968. The van der Waals surface area contributed by atoms with Gasteiger partial charge in [-0.15, -0.1) is 0 Å². The molecular weight excluding hydrogens is 150 g/mol. The van der Waals surface area contributed by atoms with Gasteiger partial charge in [-0.1, -0.05) is 6.07 Å². The summed E-state index contributed by atoms with van der Waals surface area (Å²) >= 11 is 0. The van der Waals surface area contributed by atoms with Gasteiger partial charge < -0.3 is 0 Å². The van der Waals surface area contributed by atoms with Crippen molar-refractivity contribution in [1.29, 1.82) is 0 Å². The molecule has 3 heteroatoms. The van der Waals surface area contributed by atoms with Crippen molar-refractivity contribution < 1.29 is 0 Å². The van der Waals surface area contributed by atoms with E-state index in [0.29, 0.717) is 0 Å². The molecule has 0 spiro atoms. The number of nitrogens with zero attached hydrogens (tertiary/aromatic N) is 3. The number of aliphatic imine (C=N–C) groups is 2. The van der Waals surface area contributed by atoms with Gasteiger partial charge >= 0.3 is 0 Å². The van der Waals surface area contributed by atoms with E-state index in [1.165, 1.54) is 0 Å². The van der Waals surface area contributed by atoms with Gasteiger partial charge in [-0.2, -0.15) is 0 Å². The van der Waals surface area contributed by atoms with Crippen LogP contribution < -0.4 is 0 Å². The molecule has 1 aliphatic rings. The second-order valence-corrected chi connectivity index (χ2v) is 2.52. The molecule has 2 rings (SSSR count). The van der Waals surface area contributed by atoms with Crippen LogP contribution in [0.5, 0.6) is 0 Å². The fourth-order valence-corrected chi connectivity index (χ4v) is 1.08. The fraction of sp³-hybridized carbons (Fsp3) is 0.222. The second-order valence-electron chi connectivity index (χ2n) is 2.52. The molecule has 0 fully saturated rings. The van der Waals surface area contributed by atoms with Crippen molar-refractivity contribution in [2.45, 2.75) is 0 Å². The van der Waals surface area contributed by atoms with Gasteiger partial charge in [-0.25, -0.2) is 0 Å². The predicted octanol–water partition coefficient (Wildman–Crippen LogP) is 0.955. The van der Waals surface area contributed by atoms with Crippen LogP contribution in [0.4, 0.5) is 0 Å². The average Bonchev–Trinajstić information content (AvgIpc) is 2.21.